The van der Waals surface area contributed by atoms with E-state index in [1.165, 1.54) is 4.90 Å². The fourth-order valence-electron chi connectivity index (χ4n) is 6.63. The molecule has 3 N–H and O–H groups in total. The van der Waals surface area contributed by atoms with Gasteiger partial charge in [0.05, 0.1) is 30.6 Å². The van der Waals surface area contributed by atoms with Crippen LogP contribution in [0.2, 0.25) is 0 Å². The molecular weight excluding hydrogens is 470 g/mol. The molecule has 2 bridgehead atoms. The van der Waals surface area contributed by atoms with E-state index in [0.29, 0.717) is 18.5 Å². The standard InChI is InChI=1S/C29H35N3O5/c1-3-10-18(2)30-27(35)25-29-16-15-22(37-29)23(26(34)31-20-13-8-5-9-14-20)24(29)28(36)32(25)21(17-33)19-11-6-4-7-12-19/h4-9,11-14,18,21-25,33H,3,10,15-17H2,1-2H3,(H,30,35)(H,31,34)/t18?,21-,22+,23-,24+,25?,29?/m1/s1. The number of rotatable bonds is 9. The zero-order chi connectivity index (χ0) is 26.2. The van der Waals surface area contributed by atoms with Gasteiger partial charge >= 0.3 is 0 Å². The molecule has 3 aliphatic heterocycles. The first-order valence-corrected chi connectivity index (χ1v) is 13.2. The van der Waals surface area contributed by atoms with Crippen LogP contribution in [0.3, 0.4) is 0 Å². The van der Waals surface area contributed by atoms with Crippen molar-refractivity contribution in [1.82, 2.24) is 10.2 Å². The van der Waals surface area contributed by atoms with Gasteiger partial charge in [0, 0.05) is 11.7 Å². The number of ether oxygens (including phenoxy) is 1. The van der Waals surface area contributed by atoms with Crippen molar-refractivity contribution < 1.29 is 24.2 Å². The molecule has 196 valence electrons. The van der Waals surface area contributed by atoms with Gasteiger partial charge in [-0.2, -0.15) is 0 Å². The normalized spacial score (nSPS) is 29.6. The van der Waals surface area contributed by atoms with Gasteiger partial charge in [0.1, 0.15) is 11.6 Å². The number of nitrogens with zero attached hydrogens (tertiary/aromatic N) is 1. The number of para-hydroxylation sites is 1. The summed E-state index contributed by atoms with van der Waals surface area (Å²) in [7, 11) is 0. The number of benzene rings is 2. The Labute approximate surface area is 217 Å². The Balaban J connectivity index is 1.53. The predicted molar refractivity (Wildman–Crippen MR) is 138 cm³/mol. The minimum Gasteiger partial charge on any atom is -0.394 e. The highest BCUT2D eigenvalue weighted by Crippen LogP contribution is 2.59. The lowest BCUT2D eigenvalue weighted by Crippen LogP contribution is -2.57. The van der Waals surface area contributed by atoms with E-state index in [2.05, 4.69) is 17.6 Å². The predicted octanol–water partition coefficient (Wildman–Crippen LogP) is 3.04. The summed E-state index contributed by atoms with van der Waals surface area (Å²) in [6.45, 7) is 3.65. The molecule has 5 rings (SSSR count). The molecule has 0 aromatic heterocycles. The lowest BCUT2D eigenvalue weighted by molar-refractivity contribution is -0.145. The summed E-state index contributed by atoms with van der Waals surface area (Å²) in [6, 6.07) is 16.6. The zero-order valence-corrected chi connectivity index (χ0v) is 21.3. The number of carbonyl (C=O) groups is 3. The Morgan fingerprint density at radius 1 is 1.11 bits per heavy atom. The first-order valence-electron chi connectivity index (χ1n) is 13.2. The number of amides is 3. The summed E-state index contributed by atoms with van der Waals surface area (Å²) in [5.41, 5.74) is 0.263. The molecule has 8 heteroatoms. The fourth-order valence-corrected chi connectivity index (χ4v) is 6.63. The first kappa shape index (κ1) is 25.4. The van der Waals surface area contributed by atoms with Gasteiger partial charge in [-0.05, 0) is 43.9 Å². The lowest BCUT2D eigenvalue weighted by atomic mass is 9.70. The van der Waals surface area contributed by atoms with Crippen LogP contribution in [-0.2, 0) is 19.1 Å². The van der Waals surface area contributed by atoms with Crippen molar-refractivity contribution in [3.8, 4) is 0 Å². The third kappa shape index (κ3) is 4.32. The van der Waals surface area contributed by atoms with E-state index in [4.69, 9.17) is 4.74 Å². The Hall–Kier alpha value is -3.23. The van der Waals surface area contributed by atoms with E-state index in [9.17, 15) is 19.5 Å². The van der Waals surface area contributed by atoms with Crippen molar-refractivity contribution in [2.45, 2.75) is 69.4 Å². The Morgan fingerprint density at radius 3 is 2.43 bits per heavy atom. The highest BCUT2D eigenvalue weighted by atomic mass is 16.5. The molecular formula is C29H35N3O5. The monoisotopic (exact) mass is 505 g/mol. The molecule has 7 atom stereocenters. The Bertz CT molecular complexity index is 1140. The van der Waals surface area contributed by atoms with Crippen molar-refractivity contribution in [2.75, 3.05) is 11.9 Å². The summed E-state index contributed by atoms with van der Waals surface area (Å²) in [6.07, 6.45) is 2.37. The summed E-state index contributed by atoms with van der Waals surface area (Å²) in [5.74, 6) is -2.41. The topological polar surface area (TPSA) is 108 Å². The van der Waals surface area contributed by atoms with Crippen molar-refractivity contribution in [3.05, 3.63) is 66.2 Å². The molecule has 2 aromatic rings. The number of aliphatic hydroxyl groups is 1. The molecule has 3 fully saturated rings. The van der Waals surface area contributed by atoms with E-state index >= 15 is 0 Å². The van der Waals surface area contributed by atoms with Crippen LogP contribution in [0.5, 0.6) is 0 Å². The van der Waals surface area contributed by atoms with Crippen molar-refractivity contribution in [3.63, 3.8) is 0 Å². The molecule has 3 aliphatic rings. The number of fused-ring (bicyclic) bond motifs is 1. The second-order valence-corrected chi connectivity index (χ2v) is 10.5. The second-order valence-electron chi connectivity index (χ2n) is 10.5. The maximum absolute atomic E-state index is 14.2. The molecule has 3 unspecified atom stereocenters. The van der Waals surface area contributed by atoms with E-state index in [1.807, 2.05) is 55.5 Å². The highest BCUT2D eigenvalue weighted by molar-refractivity contribution is 6.02. The average molecular weight is 506 g/mol. The van der Waals surface area contributed by atoms with Crippen LogP contribution in [0, 0.1) is 11.8 Å². The average Bonchev–Trinajstić information content (AvgIpc) is 3.54. The minimum atomic E-state index is -1.11. The number of likely N-dealkylation sites (tertiary alicyclic amines) is 1. The lowest BCUT2D eigenvalue weighted by Gasteiger charge is -2.37. The van der Waals surface area contributed by atoms with Crippen LogP contribution in [0.15, 0.2) is 60.7 Å². The summed E-state index contributed by atoms with van der Waals surface area (Å²) >= 11 is 0. The number of anilines is 1. The van der Waals surface area contributed by atoms with Gasteiger partial charge in [-0.1, -0.05) is 61.9 Å². The fraction of sp³-hybridized carbons (Fsp3) is 0.483. The van der Waals surface area contributed by atoms with Crippen LogP contribution in [0.4, 0.5) is 5.69 Å². The third-order valence-corrected chi connectivity index (χ3v) is 8.13. The largest absolute Gasteiger partial charge is 0.394 e. The van der Waals surface area contributed by atoms with Gasteiger partial charge < -0.3 is 25.4 Å². The maximum Gasteiger partial charge on any atom is 0.246 e. The number of hydrogen-bond acceptors (Lipinski definition) is 5. The molecule has 0 aliphatic carbocycles. The Kier molecular flexibility index (Phi) is 7.05. The van der Waals surface area contributed by atoms with Crippen molar-refractivity contribution in [1.29, 1.82) is 0 Å². The molecule has 0 saturated carbocycles. The van der Waals surface area contributed by atoms with Gasteiger partial charge in [-0.25, -0.2) is 0 Å². The van der Waals surface area contributed by atoms with Crippen LogP contribution in [0.25, 0.3) is 0 Å². The molecule has 3 amide bonds. The van der Waals surface area contributed by atoms with Crippen LogP contribution in [-0.4, -0.2) is 58.1 Å². The molecule has 8 nitrogen and oxygen atoms in total. The molecule has 0 radical (unpaired) electrons. The van der Waals surface area contributed by atoms with E-state index in [0.717, 1.165) is 18.4 Å². The number of aliphatic hydroxyl groups excluding tert-OH is 1. The quantitative estimate of drug-likeness (QED) is 0.486. The van der Waals surface area contributed by atoms with E-state index in [-0.39, 0.29) is 30.4 Å². The smallest absolute Gasteiger partial charge is 0.246 e. The van der Waals surface area contributed by atoms with Crippen LogP contribution in [0.1, 0.15) is 51.1 Å². The molecule has 2 aromatic carbocycles. The molecule has 3 saturated heterocycles. The van der Waals surface area contributed by atoms with Gasteiger partial charge in [0.2, 0.25) is 17.7 Å². The molecule has 1 spiro atoms. The number of nitrogens with one attached hydrogen (secondary N) is 2. The first-order chi connectivity index (χ1) is 17.9. The highest BCUT2D eigenvalue weighted by Gasteiger charge is 2.75. The number of hydrogen-bond donors (Lipinski definition) is 3. The van der Waals surface area contributed by atoms with E-state index in [1.54, 1.807) is 12.1 Å². The maximum atomic E-state index is 14.2. The van der Waals surface area contributed by atoms with Gasteiger partial charge in [-0.3, -0.25) is 14.4 Å². The SMILES string of the molecule is CCCC(C)NC(=O)C1N([C@H](CO)c2ccccc2)C(=O)[C@@H]2[C@H](C(=O)Nc3ccccc3)[C@@H]3CCC12O3. The molecule has 37 heavy (non-hydrogen) atoms. The van der Waals surface area contributed by atoms with Gasteiger partial charge in [-0.15, -0.1) is 0 Å². The number of carbonyl (C=O) groups excluding carboxylic acids is 3. The van der Waals surface area contributed by atoms with Gasteiger partial charge in [0.15, 0.2) is 0 Å². The summed E-state index contributed by atoms with van der Waals surface area (Å²) in [5, 5.41) is 16.5. The van der Waals surface area contributed by atoms with E-state index < -0.39 is 35.6 Å². The molecule has 3 heterocycles. The van der Waals surface area contributed by atoms with Crippen LogP contribution >= 0.6 is 0 Å². The summed E-state index contributed by atoms with van der Waals surface area (Å²) < 4.78 is 6.50. The second kappa shape index (κ2) is 10.3. The van der Waals surface area contributed by atoms with Crippen molar-refractivity contribution >= 4 is 23.4 Å². The van der Waals surface area contributed by atoms with Gasteiger partial charge in [0.25, 0.3) is 0 Å². The van der Waals surface area contributed by atoms with Crippen LogP contribution < -0.4 is 10.6 Å². The minimum absolute atomic E-state index is 0.0787. The third-order valence-electron chi connectivity index (χ3n) is 8.13. The van der Waals surface area contributed by atoms with Crippen molar-refractivity contribution in [2.24, 2.45) is 11.8 Å². The summed E-state index contributed by atoms with van der Waals surface area (Å²) in [4.78, 5) is 43.1. The zero-order valence-electron chi connectivity index (χ0n) is 21.3. The Morgan fingerprint density at radius 2 is 1.78 bits per heavy atom.